The molecule has 0 radical (unpaired) electrons. The Labute approximate surface area is 290 Å². The summed E-state index contributed by atoms with van der Waals surface area (Å²) in [6, 6.07) is 51.0. The number of furan rings is 3. The number of para-hydroxylation sites is 4. The van der Waals surface area contributed by atoms with Gasteiger partial charge in [0, 0.05) is 37.9 Å². The highest BCUT2D eigenvalue weighted by Crippen LogP contribution is 2.43. The molecule has 0 N–H and O–H groups in total. The van der Waals surface area contributed by atoms with E-state index in [2.05, 4.69) is 54.6 Å². The molecule has 4 aromatic heterocycles. The zero-order chi connectivity index (χ0) is 33.5. The quantitative estimate of drug-likeness (QED) is 0.188. The molecule has 0 spiro atoms. The van der Waals surface area contributed by atoms with Gasteiger partial charge in [-0.1, -0.05) is 109 Å². The van der Waals surface area contributed by atoms with Gasteiger partial charge >= 0.3 is 0 Å². The minimum absolute atomic E-state index is 0.510. The molecule has 0 amide bonds. The first-order valence-corrected chi connectivity index (χ1v) is 16.9. The predicted octanol–water partition coefficient (Wildman–Crippen LogP) is 12.2. The monoisotopic (exact) mass is 655 g/mol. The Morgan fingerprint density at radius 3 is 1.65 bits per heavy atom. The first kappa shape index (κ1) is 27.9. The molecule has 0 aliphatic heterocycles. The van der Waals surface area contributed by atoms with Crippen LogP contribution in [-0.4, -0.2) is 15.0 Å². The topological polar surface area (TPSA) is 78.1 Å². The summed E-state index contributed by atoms with van der Waals surface area (Å²) in [4.78, 5) is 15.3. The summed E-state index contributed by atoms with van der Waals surface area (Å²) >= 11 is 0. The van der Waals surface area contributed by atoms with E-state index in [-0.39, 0.29) is 0 Å². The van der Waals surface area contributed by atoms with Gasteiger partial charge in [-0.2, -0.15) is 0 Å². The van der Waals surface area contributed by atoms with Crippen LogP contribution in [0.3, 0.4) is 0 Å². The van der Waals surface area contributed by atoms with Crippen LogP contribution in [0.15, 0.2) is 165 Å². The van der Waals surface area contributed by atoms with Gasteiger partial charge in [0.15, 0.2) is 17.5 Å². The molecule has 11 rings (SSSR count). The third-order valence-corrected chi connectivity index (χ3v) is 9.77. The molecule has 0 bridgehead atoms. The standard InChI is InChI=1S/C45H25N3O3/c1-2-11-26(12-3-1)43-46-44(34-17-10-16-32-30-14-5-8-19-37(30)50-41(32)34)48-45(47-43)35-24-23-28(40-33-15-6-9-20-38(33)51-42(35)40)27-21-22-31-29-13-4-7-18-36(29)49-39(31)25-27/h1-25H. The highest BCUT2D eigenvalue weighted by molar-refractivity contribution is 6.17. The van der Waals surface area contributed by atoms with Gasteiger partial charge in [-0.25, -0.2) is 15.0 Å². The van der Waals surface area contributed by atoms with Gasteiger partial charge in [0.2, 0.25) is 0 Å². The van der Waals surface area contributed by atoms with E-state index in [0.29, 0.717) is 23.1 Å². The smallest absolute Gasteiger partial charge is 0.167 e. The van der Waals surface area contributed by atoms with E-state index < -0.39 is 0 Å². The molecule has 0 saturated heterocycles. The van der Waals surface area contributed by atoms with E-state index in [1.807, 2.05) is 97.1 Å². The van der Waals surface area contributed by atoms with Crippen LogP contribution in [0, 0.1) is 0 Å². The van der Waals surface area contributed by atoms with Crippen LogP contribution in [0.5, 0.6) is 0 Å². The number of fused-ring (bicyclic) bond motifs is 9. The van der Waals surface area contributed by atoms with Crippen LogP contribution >= 0.6 is 0 Å². The lowest BCUT2D eigenvalue weighted by Gasteiger charge is -2.11. The fraction of sp³-hybridized carbons (Fsp3) is 0. The number of hydrogen-bond donors (Lipinski definition) is 0. The summed E-state index contributed by atoms with van der Waals surface area (Å²) in [5.41, 5.74) is 9.27. The minimum atomic E-state index is 0.510. The second-order valence-corrected chi connectivity index (χ2v) is 12.7. The molecule has 4 heterocycles. The molecule has 0 aliphatic rings. The first-order valence-electron chi connectivity index (χ1n) is 16.9. The van der Waals surface area contributed by atoms with E-state index in [1.165, 1.54) is 0 Å². The summed E-state index contributed by atoms with van der Waals surface area (Å²) in [7, 11) is 0. The lowest BCUT2D eigenvalue weighted by atomic mass is 9.96. The average molecular weight is 656 g/mol. The van der Waals surface area contributed by atoms with E-state index in [4.69, 9.17) is 28.2 Å². The number of rotatable bonds is 4. The normalized spacial score (nSPS) is 11.9. The average Bonchev–Trinajstić information content (AvgIpc) is 3.89. The Morgan fingerprint density at radius 1 is 0.314 bits per heavy atom. The highest BCUT2D eigenvalue weighted by atomic mass is 16.3. The fourth-order valence-corrected chi connectivity index (χ4v) is 7.39. The summed E-state index contributed by atoms with van der Waals surface area (Å²) in [5, 5.41) is 6.25. The Bertz CT molecular complexity index is 3150. The number of benzene rings is 7. The zero-order valence-electron chi connectivity index (χ0n) is 27.0. The maximum absolute atomic E-state index is 6.69. The number of nitrogens with zero attached hydrogens (tertiary/aromatic N) is 3. The van der Waals surface area contributed by atoms with Gasteiger partial charge in [-0.15, -0.1) is 0 Å². The van der Waals surface area contributed by atoms with Crippen LogP contribution in [-0.2, 0) is 0 Å². The van der Waals surface area contributed by atoms with Crippen LogP contribution in [0.4, 0.5) is 0 Å². The molecule has 6 nitrogen and oxygen atoms in total. The van der Waals surface area contributed by atoms with E-state index >= 15 is 0 Å². The molecule has 0 saturated carbocycles. The van der Waals surface area contributed by atoms with Gasteiger partial charge in [0.25, 0.3) is 0 Å². The van der Waals surface area contributed by atoms with Crippen molar-refractivity contribution < 1.29 is 13.3 Å². The van der Waals surface area contributed by atoms with Crippen LogP contribution in [0.2, 0.25) is 0 Å². The second-order valence-electron chi connectivity index (χ2n) is 12.7. The molecule has 6 heteroatoms. The van der Waals surface area contributed by atoms with Gasteiger partial charge in [0.05, 0.1) is 11.1 Å². The molecule has 51 heavy (non-hydrogen) atoms. The summed E-state index contributed by atoms with van der Waals surface area (Å²) in [6.45, 7) is 0. The van der Waals surface area contributed by atoms with Crippen molar-refractivity contribution in [1.82, 2.24) is 15.0 Å². The summed E-state index contributed by atoms with van der Waals surface area (Å²) < 4.78 is 19.4. The highest BCUT2D eigenvalue weighted by Gasteiger charge is 2.22. The maximum Gasteiger partial charge on any atom is 0.167 e. The molecule has 238 valence electrons. The largest absolute Gasteiger partial charge is 0.456 e. The van der Waals surface area contributed by atoms with Crippen molar-refractivity contribution in [2.75, 3.05) is 0 Å². The van der Waals surface area contributed by atoms with Crippen molar-refractivity contribution in [1.29, 1.82) is 0 Å². The maximum atomic E-state index is 6.69. The first-order chi connectivity index (χ1) is 25.3. The van der Waals surface area contributed by atoms with E-state index in [0.717, 1.165) is 88.0 Å². The van der Waals surface area contributed by atoms with Gasteiger partial charge in [0.1, 0.15) is 33.5 Å². The predicted molar refractivity (Wildman–Crippen MR) is 203 cm³/mol. The van der Waals surface area contributed by atoms with Crippen LogP contribution in [0.25, 0.3) is 111 Å². The number of hydrogen-bond acceptors (Lipinski definition) is 6. The Hall–Kier alpha value is -7.05. The molecule has 0 fully saturated rings. The Kier molecular flexibility index (Phi) is 5.86. The lowest BCUT2D eigenvalue weighted by Crippen LogP contribution is -2.00. The number of aromatic nitrogens is 3. The van der Waals surface area contributed by atoms with Crippen LogP contribution < -0.4 is 0 Å². The van der Waals surface area contributed by atoms with E-state index in [1.54, 1.807) is 0 Å². The van der Waals surface area contributed by atoms with Gasteiger partial charge < -0.3 is 13.3 Å². The molecule has 7 aromatic carbocycles. The van der Waals surface area contributed by atoms with Gasteiger partial charge in [-0.05, 0) is 53.6 Å². The van der Waals surface area contributed by atoms with Crippen molar-refractivity contribution in [3.05, 3.63) is 152 Å². The summed E-state index contributed by atoms with van der Waals surface area (Å²) in [6.07, 6.45) is 0. The molecule has 0 aliphatic carbocycles. The molecular weight excluding hydrogens is 631 g/mol. The molecular formula is C45H25N3O3. The van der Waals surface area contributed by atoms with Crippen molar-refractivity contribution in [3.63, 3.8) is 0 Å². The SMILES string of the molecule is c1ccc(-c2nc(-c3cccc4c3oc3ccccc34)nc(-c3ccc(-c4ccc5c(c4)oc4ccccc45)c4c3oc3ccccc34)n2)cc1. The van der Waals surface area contributed by atoms with Crippen LogP contribution in [0.1, 0.15) is 0 Å². The fourth-order valence-electron chi connectivity index (χ4n) is 7.39. The zero-order valence-corrected chi connectivity index (χ0v) is 27.0. The lowest BCUT2D eigenvalue weighted by molar-refractivity contribution is 0.668. The van der Waals surface area contributed by atoms with Gasteiger partial charge in [-0.3, -0.25) is 0 Å². The molecule has 0 unspecified atom stereocenters. The van der Waals surface area contributed by atoms with E-state index in [9.17, 15) is 0 Å². The van der Waals surface area contributed by atoms with Crippen molar-refractivity contribution in [2.45, 2.75) is 0 Å². The minimum Gasteiger partial charge on any atom is -0.456 e. The van der Waals surface area contributed by atoms with Crippen molar-refractivity contribution in [3.8, 4) is 45.3 Å². The van der Waals surface area contributed by atoms with Crippen molar-refractivity contribution in [2.24, 2.45) is 0 Å². The summed E-state index contributed by atoms with van der Waals surface area (Å²) in [5.74, 6) is 1.59. The molecule has 0 atom stereocenters. The Balaban J connectivity index is 1.17. The second kappa shape index (κ2) is 10.7. The third kappa shape index (κ3) is 4.26. The molecule has 11 aromatic rings. The third-order valence-electron chi connectivity index (χ3n) is 9.77. The van der Waals surface area contributed by atoms with Crippen molar-refractivity contribution >= 4 is 65.8 Å². The Morgan fingerprint density at radius 2 is 0.863 bits per heavy atom.